The van der Waals surface area contributed by atoms with Gasteiger partial charge in [-0.1, -0.05) is 13.8 Å². The number of nitrogens with zero attached hydrogens (tertiary/aromatic N) is 1. The summed E-state index contributed by atoms with van der Waals surface area (Å²) in [6.45, 7) is 3.03. The Morgan fingerprint density at radius 1 is 1.22 bits per heavy atom. The van der Waals surface area contributed by atoms with E-state index in [2.05, 4.69) is 15.0 Å². The standard InChI is InChI=1S/C16H18ClF5N2O3/c1-7(2)6-8-9(15(26)27-3)11(13(18)19)24-12(16(20,21)22)10(8)14(25)23-5-4-17/h7,13H,4-6H2,1-3H3,(H,23,25). The minimum atomic E-state index is -5.20. The Kier molecular flexibility index (Phi) is 7.94. The molecular formula is C16H18ClF5N2O3. The van der Waals surface area contributed by atoms with E-state index in [1.54, 1.807) is 13.8 Å². The van der Waals surface area contributed by atoms with Gasteiger partial charge in [-0.05, 0) is 17.9 Å². The van der Waals surface area contributed by atoms with Crippen LogP contribution in [0.25, 0.3) is 0 Å². The highest BCUT2D eigenvalue weighted by Crippen LogP contribution is 2.37. The number of alkyl halides is 6. The van der Waals surface area contributed by atoms with Crippen LogP contribution in [0.15, 0.2) is 0 Å². The number of ether oxygens (including phenoxy) is 1. The monoisotopic (exact) mass is 416 g/mol. The smallest absolute Gasteiger partial charge is 0.434 e. The van der Waals surface area contributed by atoms with Gasteiger partial charge in [0.25, 0.3) is 12.3 Å². The summed E-state index contributed by atoms with van der Waals surface area (Å²) in [5, 5.41) is 2.16. The van der Waals surface area contributed by atoms with Crippen molar-refractivity contribution in [3.05, 3.63) is 28.1 Å². The lowest BCUT2D eigenvalue weighted by molar-refractivity contribution is -0.141. The van der Waals surface area contributed by atoms with Gasteiger partial charge in [-0.2, -0.15) is 13.2 Å². The largest absolute Gasteiger partial charge is 0.465 e. The molecule has 0 fully saturated rings. The number of nitrogens with one attached hydrogen (secondary N) is 1. The van der Waals surface area contributed by atoms with Gasteiger partial charge in [0, 0.05) is 12.4 Å². The fourth-order valence-electron chi connectivity index (χ4n) is 2.45. The minimum absolute atomic E-state index is 0.0843. The topological polar surface area (TPSA) is 68.3 Å². The van der Waals surface area contributed by atoms with Crippen molar-refractivity contribution in [2.45, 2.75) is 32.9 Å². The predicted molar refractivity (Wildman–Crippen MR) is 87.1 cm³/mol. The lowest BCUT2D eigenvalue weighted by Gasteiger charge is -2.22. The Labute approximate surface area is 157 Å². The Bertz CT molecular complexity index is 708. The van der Waals surface area contributed by atoms with Crippen molar-refractivity contribution in [2.24, 2.45) is 5.92 Å². The van der Waals surface area contributed by atoms with Gasteiger partial charge in [-0.25, -0.2) is 18.6 Å². The first kappa shape index (κ1) is 23.1. The van der Waals surface area contributed by atoms with Gasteiger partial charge in [-0.15, -0.1) is 11.6 Å². The van der Waals surface area contributed by atoms with Crippen molar-refractivity contribution < 1.29 is 36.3 Å². The summed E-state index contributed by atoms with van der Waals surface area (Å²) in [5.74, 6) is -2.95. The molecule has 0 aliphatic rings. The van der Waals surface area contributed by atoms with Gasteiger partial charge < -0.3 is 10.1 Å². The van der Waals surface area contributed by atoms with Crippen molar-refractivity contribution in [1.29, 1.82) is 0 Å². The fourth-order valence-corrected chi connectivity index (χ4v) is 2.55. The number of hydrogen-bond acceptors (Lipinski definition) is 4. The van der Waals surface area contributed by atoms with E-state index in [1.165, 1.54) is 0 Å². The molecule has 1 aromatic rings. The van der Waals surface area contributed by atoms with Crippen molar-refractivity contribution in [3.8, 4) is 0 Å². The molecule has 0 atom stereocenters. The van der Waals surface area contributed by atoms with Gasteiger partial charge in [-0.3, -0.25) is 4.79 Å². The van der Waals surface area contributed by atoms with Crippen LogP contribution in [0.5, 0.6) is 0 Å². The van der Waals surface area contributed by atoms with Crippen molar-refractivity contribution in [3.63, 3.8) is 0 Å². The minimum Gasteiger partial charge on any atom is -0.465 e. The van der Waals surface area contributed by atoms with Crippen LogP contribution in [0.3, 0.4) is 0 Å². The maximum absolute atomic E-state index is 13.5. The van der Waals surface area contributed by atoms with Crippen LogP contribution in [0.2, 0.25) is 0 Å². The Morgan fingerprint density at radius 3 is 2.22 bits per heavy atom. The molecule has 1 aromatic heterocycles. The quantitative estimate of drug-likeness (QED) is 0.414. The zero-order chi connectivity index (χ0) is 20.9. The number of methoxy groups -OCH3 is 1. The second-order valence-electron chi connectivity index (χ2n) is 5.91. The highest BCUT2D eigenvalue weighted by Gasteiger charge is 2.42. The average Bonchev–Trinajstić information content (AvgIpc) is 2.56. The number of esters is 1. The number of aromatic nitrogens is 1. The van der Waals surface area contributed by atoms with E-state index in [1.807, 2.05) is 0 Å². The van der Waals surface area contributed by atoms with Crippen LogP contribution in [-0.4, -0.2) is 36.4 Å². The zero-order valence-corrected chi connectivity index (χ0v) is 15.5. The van der Waals surface area contributed by atoms with E-state index < -0.39 is 52.6 Å². The molecule has 0 bridgehead atoms. The van der Waals surface area contributed by atoms with E-state index in [0.29, 0.717) is 0 Å². The fraction of sp³-hybridized carbons (Fsp3) is 0.562. The maximum atomic E-state index is 13.5. The third kappa shape index (κ3) is 5.50. The summed E-state index contributed by atoms with van der Waals surface area (Å²) in [6, 6.07) is 0. The van der Waals surface area contributed by atoms with E-state index >= 15 is 0 Å². The first-order valence-electron chi connectivity index (χ1n) is 7.80. The molecule has 1 amide bonds. The Hall–Kier alpha value is -1.97. The van der Waals surface area contributed by atoms with Gasteiger partial charge >= 0.3 is 12.1 Å². The molecule has 5 nitrogen and oxygen atoms in total. The van der Waals surface area contributed by atoms with Crippen LogP contribution >= 0.6 is 11.6 Å². The molecule has 1 N–H and O–H groups in total. The molecule has 0 saturated heterocycles. The number of halogens is 6. The van der Waals surface area contributed by atoms with Gasteiger partial charge in [0.2, 0.25) is 0 Å². The van der Waals surface area contributed by atoms with Crippen LogP contribution in [0.1, 0.15) is 57.9 Å². The second-order valence-corrected chi connectivity index (χ2v) is 6.29. The number of carbonyl (C=O) groups excluding carboxylic acids is 2. The molecule has 11 heteroatoms. The third-order valence-electron chi connectivity index (χ3n) is 3.41. The van der Waals surface area contributed by atoms with Gasteiger partial charge in [0.1, 0.15) is 5.69 Å². The summed E-state index contributed by atoms with van der Waals surface area (Å²) >= 11 is 5.43. The number of rotatable bonds is 7. The van der Waals surface area contributed by atoms with Gasteiger partial charge in [0.15, 0.2) is 5.69 Å². The molecule has 0 radical (unpaired) electrons. The van der Waals surface area contributed by atoms with Crippen LogP contribution in [0.4, 0.5) is 22.0 Å². The average molecular weight is 417 g/mol. The number of amides is 1. The molecule has 0 aliphatic carbocycles. The number of carbonyl (C=O) groups is 2. The molecule has 0 aliphatic heterocycles. The molecule has 0 saturated carbocycles. The lowest BCUT2D eigenvalue weighted by Crippen LogP contribution is -2.32. The number of hydrogen-bond donors (Lipinski definition) is 1. The maximum Gasteiger partial charge on any atom is 0.434 e. The summed E-state index contributed by atoms with van der Waals surface area (Å²) in [6.07, 6.45) is -8.93. The molecule has 1 rings (SSSR count). The Balaban J connectivity index is 3.97. The van der Waals surface area contributed by atoms with Crippen LogP contribution in [-0.2, 0) is 17.3 Å². The third-order valence-corrected chi connectivity index (χ3v) is 3.60. The lowest BCUT2D eigenvalue weighted by atomic mass is 9.90. The van der Waals surface area contributed by atoms with Crippen LogP contribution in [0, 0.1) is 5.92 Å². The molecule has 1 heterocycles. The normalized spacial score (nSPS) is 11.8. The molecule has 152 valence electrons. The van der Waals surface area contributed by atoms with Crippen molar-refractivity contribution in [2.75, 3.05) is 19.5 Å². The highest BCUT2D eigenvalue weighted by molar-refractivity contribution is 6.18. The molecule has 27 heavy (non-hydrogen) atoms. The summed E-state index contributed by atoms with van der Waals surface area (Å²) < 4.78 is 71.7. The first-order chi connectivity index (χ1) is 12.4. The summed E-state index contributed by atoms with van der Waals surface area (Å²) in [5.41, 5.74) is -5.45. The van der Waals surface area contributed by atoms with Crippen molar-refractivity contribution >= 4 is 23.5 Å². The first-order valence-corrected chi connectivity index (χ1v) is 8.33. The van der Waals surface area contributed by atoms with E-state index in [-0.39, 0.29) is 24.8 Å². The Morgan fingerprint density at radius 2 is 1.81 bits per heavy atom. The van der Waals surface area contributed by atoms with E-state index in [4.69, 9.17) is 11.6 Å². The molecular weight excluding hydrogens is 399 g/mol. The van der Waals surface area contributed by atoms with Gasteiger partial charge in [0.05, 0.1) is 18.2 Å². The van der Waals surface area contributed by atoms with Crippen LogP contribution < -0.4 is 5.32 Å². The summed E-state index contributed by atoms with van der Waals surface area (Å²) in [4.78, 5) is 27.4. The van der Waals surface area contributed by atoms with E-state index in [9.17, 15) is 31.5 Å². The SMILES string of the molecule is COC(=O)c1c(C(F)F)nc(C(F)(F)F)c(C(=O)NCCCl)c1CC(C)C. The molecule has 0 aromatic carbocycles. The molecule has 0 spiro atoms. The second kappa shape index (κ2) is 9.29. The van der Waals surface area contributed by atoms with E-state index in [0.717, 1.165) is 7.11 Å². The molecule has 0 unspecified atom stereocenters. The number of pyridine rings is 1. The zero-order valence-electron chi connectivity index (χ0n) is 14.7. The highest BCUT2D eigenvalue weighted by atomic mass is 35.5. The predicted octanol–water partition coefficient (Wildman–Crippen LogP) is 3.99. The summed E-state index contributed by atoms with van der Waals surface area (Å²) in [7, 11) is 0.891. The van der Waals surface area contributed by atoms with Crippen molar-refractivity contribution in [1.82, 2.24) is 10.3 Å².